The molecule has 78 valence electrons. The standard InChI is InChI=1S/C10H11N3O2/c1-8(12-7-6-11)9-4-2-3-5-10(9)13(14)15/h2-5,8,12H,7H2,1H3. The summed E-state index contributed by atoms with van der Waals surface area (Å²) in [7, 11) is 0. The molecule has 15 heavy (non-hydrogen) atoms. The molecule has 0 amide bonds. The molecule has 0 spiro atoms. The van der Waals surface area contributed by atoms with E-state index < -0.39 is 4.92 Å². The average molecular weight is 205 g/mol. The van der Waals surface area contributed by atoms with E-state index in [4.69, 9.17) is 5.26 Å². The summed E-state index contributed by atoms with van der Waals surface area (Å²) in [6, 6.07) is 8.25. The van der Waals surface area contributed by atoms with Crippen LogP contribution in [0.1, 0.15) is 18.5 Å². The van der Waals surface area contributed by atoms with Crippen LogP contribution in [0.3, 0.4) is 0 Å². The Balaban J connectivity index is 2.93. The van der Waals surface area contributed by atoms with E-state index >= 15 is 0 Å². The molecule has 0 aromatic heterocycles. The van der Waals surface area contributed by atoms with Crippen molar-refractivity contribution in [2.24, 2.45) is 0 Å². The monoisotopic (exact) mass is 205 g/mol. The summed E-state index contributed by atoms with van der Waals surface area (Å²) in [4.78, 5) is 10.3. The molecular formula is C10H11N3O2. The molecule has 1 aromatic carbocycles. The molecule has 0 heterocycles. The van der Waals surface area contributed by atoms with E-state index in [1.54, 1.807) is 25.1 Å². The SMILES string of the molecule is CC(NCC#N)c1ccccc1[N+](=O)[O-]. The predicted molar refractivity (Wildman–Crippen MR) is 55.1 cm³/mol. The largest absolute Gasteiger partial charge is 0.298 e. The van der Waals surface area contributed by atoms with Crippen molar-refractivity contribution in [1.82, 2.24) is 5.32 Å². The number of benzene rings is 1. The third-order valence-electron chi connectivity index (χ3n) is 2.09. The zero-order valence-corrected chi connectivity index (χ0v) is 8.30. The van der Waals surface area contributed by atoms with Crippen molar-refractivity contribution in [1.29, 1.82) is 5.26 Å². The molecule has 1 rings (SSSR count). The number of nitriles is 1. The van der Waals surface area contributed by atoms with Crippen molar-refractivity contribution >= 4 is 5.69 Å². The van der Waals surface area contributed by atoms with Crippen LogP contribution in [0.15, 0.2) is 24.3 Å². The molecule has 1 N–H and O–H groups in total. The van der Waals surface area contributed by atoms with Gasteiger partial charge in [0.15, 0.2) is 0 Å². The highest BCUT2D eigenvalue weighted by atomic mass is 16.6. The first-order valence-electron chi connectivity index (χ1n) is 4.50. The van der Waals surface area contributed by atoms with Crippen LogP contribution in [0.5, 0.6) is 0 Å². The first-order valence-corrected chi connectivity index (χ1v) is 4.50. The molecule has 0 radical (unpaired) electrons. The highest BCUT2D eigenvalue weighted by molar-refractivity contribution is 5.41. The highest BCUT2D eigenvalue weighted by Crippen LogP contribution is 2.23. The molecule has 5 heteroatoms. The van der Waals surface area contributed by atoms with Crippen LogP contribution >= 0.6 is 0 Å². The van der Waals surface area contributed by atoms with E-state index in [0.717, 1.165) is 0 Å². The van der Waals surface area contributed by atoms with E-state index in [1.807, 2.05) is 6.07 Å². The van der Waals surface area contributed by atoms with Gasteiger partial charge in [0, 0.05) is 17.7 Å². The van der Waals surface area contributed by atoms with Crippen LogP contribution in [0, 0.1) is 21.4 Å². The minimum Gasteiger partial charge on any atom is -0.298 e. The average Bonchev–Trinajstić information content (AvgIpc) is 2.25. The van der Waals surface area contributed by atoms with Crippen molar-refractivity contribution < 1.29 is 4.92 Å². The van der Waals surface area contributed by atoms with E-state index in [0.29, 0.717) is 5.56 Å². The maximum atomic E-state index is 10.7. The molecule has 0 aliphatic rings. The second-order valence-electron chi connectivity index (χ2n) is 3.08. The van der Waals surface area contributed by atoms with Gasteiger partial charge in [-0.1, -0.05) is 18.2 Å². The van der Waals surface area contributed by atoms with E-state index in [2.05, 4.69) is 5.32 Å². The number of nitro benzene ring substituents is 1. The van der Waals surface area contributed by atoms with Crippen LogP contribution in [-0.4, -0.2) is 11.5 Å². The number of para-hydroxylation sites is 1. The summed E-state index contributed by atoms with van der Waals surface area (Å²) >= 11 is 0. The van der Waals surface area contributed by atoms with Crippen molar-refractivity contribution in [3.8, 4) is 6.07 Å². The Bertz CT molecular complexity index is 398. The van der Waals surface area contributed by atoms with Crippen molar-refractivity contribution in [3.05, 3.63) is 39.9 Å². The van der Waals surface area contributed by atoms with Gasteiger partial charge in [0.25, 0.3) is 5.69 Å². The van der Waals surface area contributed by atoms with Gasteiger partial charge < -0.3 is 0 Å². The fourth-order valence-corrected chi connectivity index (χ4v) is 1.33. The van der Waals surface area contributed by atoms with Crippen LogP contribution in [0.2, 0.25) is 0 Å². The third kappa shape index (κ3) is 2.76. The molecule has 0 fully saturated rings. The number of hydrogen-bond acceptors (Lipinski definition) is 4. The fourth-order valence-electron chi connectivity index (χ4n) is 1.33. The number of hydrogen-bond donors (Lipinski definition) is 1. The van der Waals surface area contributed by atoms with Crippen LogP contribution in [-0.2, 0) is 0 Å². The van der Waals surface area contributed by atoms with E-state index in [1.165, 1.54) is 6.07 Å². The van der Waals surface area contributed by atoms with Gasteiger partial charge in [-0.15, -0.1) is 0 Å². The Kier molecular flexibility index (Phi) is 3.77. The van der Waals surface area contributed by atoms with E-state index in [-0.39, 0.29) is 18.3 Å². The highest BCUT2D eigenvalue weighted by Gasteiger charge is 2.16. The summed E-state index contributed by atoms with van der Waals surface area (Å²) < 4.78 is 0. The quantitative estimate of drug-likeness (QED) is 0.461. The topological polar surface area (TPSA) is 79.0 Å². The minimum absolute atomic E-state index is 0.0791. The lowest BCUT2D eigenvalue weighted by atomic mass is 10.1. The number of nitrogens with one attached hydrogen (secondary N) is 1. The van der Waals surface area contributed by atoms with Gasteiger partial charge in [0.2, 0.25) is 0 Å². The van der Waals surface area contributed by atoms with Gasteiger partial charge in [0.05, 0.1) is 17.5 Å². The fraction of sp³-hybridized carbons (Fsp3) is 0.300. The molecule has 0 aliphatic heterocycles. The summed E-state index contributed by atoms with van der Waals surface area (Å²) in [6.07, 6.45) is 0. The molecule has 1 unspecified atom stereocenters. The third-order valence-corrected chi connectivity index (χ3v) is 2.09. The van der Waals surface area contributed by atoms with Gasteiger partial charge in [-0.25, -0.2) is 0 Å². The molecule has 0 saturated heterocycles. The Hall–Kier alpha value is -1.93. The zero-order valence-electron chi connectivity index (χ0n) is 8.30. The summed E-state index contributed by atoms with van der Waals surface area (Å²) in [5, 5.41) is 22.0. The molecule has 0 bridgehead atoms. The number of nitro groups is 1. The van der Waals surface area contributed by atoms with Crippen LogP contribution in [0.4, 0.5) is 5.69 Å². The number of nitrogens with zero attached hydrogens (tertiary/aromatic N) is 2. The first kappa shape index (κ1) is 11.1. The summed E-state index contributed by atoms with van der Waals surface area (Å²) in [5.74, 6) is 0. The van der Waals surface area contributed by atoms with Gasteiger partial charge in [-0.2, -0.15) is 5.26 Å². The van der Waals surface area contributed by atoms with Crippen molar-refractivity contribution in [2.45, 2.75) is 13.0 Å². The van der Waals surface area contributed by atoms with Crippen LogP contribution in [0.25, 0.3) is 0 Å². The molecule has 0 saturated carbocycles. The zero-order chi connectivity index (χ0) is 11.3. The number of rotatable bonds is 4. The minimum atomic E-state index is -0.417. The van der Waals surface area contributed by atoms with E-state index in [9.17, 15) is 10.1 Å². The second-order valence-corrected chi connectivity index (χ2v) is 3.08. The van der Waals surface area contributed by atoms with Gasteiger partial charge in [0.1, 0.15) is 0 Å². The second kappa shape index (κ2) is 5.08. The maximum Gasteiger partial charge on any atom is 0.274 e. The van der Waals surface area contributed by atoms with Crippen molar-refractivity contribution in [3.63, 3.8) is 0 Å². The van der Waals surface area contributed by atoms with Crippen LogP contribution < -0.4 is 5.32 Å². The Morgan fingerprint density at radius 2 is 2.27 bits per heavy atom. The molecule has 0 aliphatic carbocycles. The summed E-state index contributed by atoms with van der Waals surface area (Å²) in [5.41, 5.74) is 0.674. The smallest absolute Gasteiger partial charge is 0.274 e. The lowest BCUT2D eigenvalue weighted by Gasteiger charge is -2.11. The molecule has 1 atom stereocenters. The summed E-state index contributed by atoms with van der Waals surface area (Å²) in [6.45, 7) is 1.97. The predicted octanol–water partition coefficient (Wildman–Crippen LogP) is 1.77. The Labute approximate surface area is 87.5 Å². The maximum absolute atomic E-state index is 10.7. The Morgan fingerprint density at radius 3 is 2.87 bits per heavy atom. The van der Waals surface area contributed by atoms with Gasteiger partial charge in [-0.3, -0.25) is 15.4 Å². The lowest BCUT2D eigenvalue weighted by Crippen LogP contribution is -2.19. The van der Waals surface area contributed by atoms with Crippen molar-refractivity contribution in [2.75, 3.05) is 6.54 Å². The van der Waals surface area contributed by atoms with Gasteiger partial charge in [-0.05, 0) is 6.92 Å². The molecule has 1 aromatic rings. The molecule has 5 nitrogen and oxygen atoms in total. The van der Waals surface area contributed by atoms with Gasteiger partial charge >= 0.3 is 0 Å². The molecular weight excluding hydrogens is 194 g/mol. The lowest BCUT2D eigenvalue weighted by molar-refractivity contribution is -0.385. The Morgan fingerprint density at radius 1 is 1.60 bits per heavy atom. The first-order chi connectivity index (χ1) is 7.16. The normalized spacial score (nSPS) is 11.7.